The first-order valence-corrected chi connectivity index (χ1v) is 8.94. The predicted molar refractivity (Wildman–Crippen MR) is 106 cm³/mol. The molecule has 0 aliphatic carbocycles. The van der Waals surface area contributed by atoms with E-state index in [-0.39, 0.29) is 12.5 Å². The lowest BCUT2D eigenvalue weighted by atomic mass is 10.2. The number of amides is 1. The van der Waals surface area contributed by atoms with Crippen molar-refractivity contribution in [1.29, 1.82) is 0 Å². The third kappa shape index (κ3) is 7.00. The highest BCUT2D eigenvalue weighted by Crippen LogP contribution is 2.27. The number of carbonyl (C=O) groups excluding carboxylic acids is 1. The average Bonchev–Trinajstić information content (AvgIpc) is 2.67. The van der Waals surface area contributed by atoms with Crippen LogP contribution in [0.15, 0.2) is 42.5 Å². The Balaban J connectivity index is 1.70. The predicted octanol–water partition coefficient (Wildman–Crippen LogP) is 2.98. The molecule has 0 aliphatic heterocycles. The lowest BCUT2D eigenvalue weighted by Gasteiger charge is -2.17. The van der Waals surface area contributed by atoms with Crippen molar-refractivity contribution in [3.8, 4) is 17.2 Å². The van der Waals surface area contributed by atoms with Crippen molar-refractivity contribution < 1.29 is 19.0 Å². The van der Waals surface area contributed by atoms with Gasteiger partial charge in [-0.15, -0.1) is 0 Å². The fraction of sp³-hybridized carbons (Fsp3) is 0.350. The third-order valence-corrected chi connectivity index (χ3v) is 4.16. The van der Waals surface area contributed by atoms with Gasteiger partial charge in [-0.25, -0.2) is 0 Å². The number of benzene rings is 2. The quantitative estimate of drug-likeness (QED) is 0.673. The number of nitrogens with zero attached hydrogens (tertiary/aromatic N) is 1. The van der Waals surface area contributed by atoms with Crippen molar-refractivity contribution in [2.75, 3.05) is 41.0 Å². The maximum Gasteiger partial charge on any atom is 0.234 e. The molecule has 0 saturated heterocycles. The molecular weight excluding hydrogens is 368 g/mol. The van der Waals surface area contributed by atoms with Crippen LogP contribution in [0.1, 0.15) is 5.56 Å². The molecule has 7 heteroatoms. The zero-order valence-corrected chi connectivity index (χ0v) is 16.6. The highest BCUT2D eigenvalue weighted by Gasteiger charge is 2.08. The van der Waals surface area contributed by atoms with Gasteiger partial charge in [0.1, 0.15) is 12.4 Å². The molecule has 1 N–H and O–H groups in total. The van der Waals surface area contributed by atoms with Gasteiger partial charge in [-0.3, -0.25) is 9.69 Å². The number of likely N-dealkylation sites (N-methyl/N-ethyl adjacent to an activating group) is 1. The number of carbonyl (C=O) groups is 1. The molecule has 1 amide bonds. The Morgan fingerprint density at radius 3 is 2.44 bits per heavy atom. The zero-order chi connectivity index (χ0) is 19.6. The van der Waals surface area contributed by atoms with Crippen LogP contribution in [-0.4, -0.2) is 51.8 Å². The van der Waals surface area contributed by atoms with Crippen LogP contribution in [0.4, 0.5) is 0 Å². The maximum absolute atomic E-state index is 12.1. The molecule has 6 nitrogen and oxygen atoms in total. The summed E-state index contributed by atoms with van der Waals surface area (Å²) in [5.74, 6) is 2.00. The summed E-state index contributed by atoms with van der Waals surface area (Å²) in [5, 5.41) is 3.57. The van der Waals surface area contributed by atoms with E-state index in [0.29, 0.717) is 36.2 Å². The summed E-state index contributed by atoms with van der Waals surface area (Å²) in [7, 11) is 5.05. The number of nitrogens with one attached hydrogen (secondary N) is 1. The molecule has 0 fully saturated rings. The fourth-order valence-electron chi connectivity index (χ4n) is 2.42. The van der Waals surface area contributed by atoms with Gasteiger partial charge in [0, 0.05) is 18.1 Å². The number of halogens is 1. The van der Waals surface area contributed by atoms with E-state index in [1.807, 2.05) is 42.3 Å². The van der Waals surface area contributed by atoms with E-state index < -0.39 is 0 Å². The van der Waals surface area contributed by atoms with Crippen molar-refractivity contribution in [2.45, 2.75) is 6.54 Å². The summed E-state index contributed by atoms with van der Waals surface area (Å²) in [6.45, 7) is 1.83. The lowest BCUT2D eigenvalue weighted by molar-refractivity contribution is -0.122. The zero-order valence-electron chi connectivity index (χ0n) is 15.8. The van der Waals surface area contributed by atoms with Crippen LogP contribution >= 0.6 is 11.6 Å². The molecule has 0 aliphatic rings. The second-order valence-electron chi connectivity index (χ2n) is 6.01. The minimum Gasteiger partial charge on any atom is -0.493 e. The minimum atomic E-state index is -0.0567. The van der Waals surface area contributed by atoms with E-state index in [9.17, 15) is 4.79 Å². The highest BCUT2D eigenvalue weighted by atomic mass is 35.5. The van der Waals surface area contributed by atoms with Crippen LogP contribution in [-0.2, 0) is 11.3 Å². The van der Waals surface area contributed by atoms with Crippen molar-refractivity contribution in [1.82, 2.24) is 10.2 Å². The van der Waals surface area contributed by atoms with Gasteiger partial charge < -0.3 is 19.5 Å². The van der Waals surface area contributed by atoms with Crippen molar-refractivity contribution in [2.24, 2.45) is 0 Å². The van der Waals surface area contributed by atoms with E-state index in [1.54, 1.807) is 26.4 Å². The first-order valence-electron chi connectivity index (χ1n) is 8.56. The molecule has 0 spiro atoms. The van der Waals surface area contributed by atoms with E-state index in [0.717, 1.165) is 11.3 Å². The molecule has 146 valence electrons. The van der Waals surface area contributed by atoms with Crippen molar-refractivity contribution in [3.63, 3.8) is 0 Å². The Hall–Kier alpha value is -2.44. The van der Waals surface area contributed by atoms with Gasteiger partial charge >= 0.3 is 0 Å². The molecule has 27 heavy (non-hydrogen) atoms. The molecule has 0 bridgehead atoms. The Labute approximate surface area is 165 Å². The summed E-state index contributed by atoms with van der Waals surface area (Å²) in [5.41, 5.74) is 0.940. The van der Waals surface area contributed by atoms with Crippen LogP contribution in [0.5, 0.6) is 17.2 Å². The summed E-state index contributed by atoms with van der Waals surface area (Å²) in [6.07, 6.45) is 0. The summed E-state index contributed by atoms with van der Waals surface area (Å²) >= 11 is 5.84. The van der Waals surface area contributed by atoms with E-state index in [2.05, 4.69) is 5.32 Å². The Bertz CT molecular complexity index is 737. The molecule has 0 heterocycles. The highest BCUT2D eigenvalue weighted by molar-refractivity contribution is 6.30. The second kappa shape index (κ2) is 10.6. The van der Waals surface area contributed by atoms with Crippen LogP contribution in [0.25, 0.3) is 0 Å². The summed E-state index contributed by atoms with van der Waals surface area (Å²) in [6, 6.07) is 12.8. The summed E-state index contributed by atoms with van der Waals surface area (Å²) in [4.78, 5) is 14.0. The number of hydrogen-bond donors (Lipinski definition) is 1. The average molecular weight is 393 g/mol. The van der Waals surface area contributed by atoms with Crippen LogP contribution in [0.3, 0.4) is 0 Å². The molecular formula is C20H25ClN2O4. The monoisotopic (exact) mass is 392 g/mol. The van der Waals surface area contributed by atoms with Gasteiger partial charge in [-0.05, 0) is 49.0 Å². The van der Waals surface area contributed by atoms with Crippen LogP contribution in [0, 0.1) is 0 Å². The van der Waals surface area contributed by atoms with Gasteiger partial charge in [0.25, 0.3) is 0 Å². The second-order valence-corrected chi connectivity index (χ2v) is 6.44. The largest absolute Gasteiger partial charge is 0.493 e. The number of rotatable bonds is 10. The molecule has 0 atom stereocenters. The Kier molecular flexibility index (Phi) is 8.23. The number of hydrogen-bond acceptors (Lipinski definition) is 5. The Morgan fingerprint density at radius 1 is 1.07 bits per heavy atom. The smallest absolute Gasteiger partial charge is 0.234 e. The van der Waals surface area contributed by atoms with Gasteiger partial charge in [-0.1, -0.05) is 17.7 Å². The van der Waals surface area contributed by atoms with E-state index in [1.165, 1.54) is 0 Å². The standard InChI is InChI=1S/C20H25ClN2O4/c1-23(10-11-27-17-7-5-16(21)6-8-17)14-20(24)22-13-15-4-9-18(25-2)19(12-15)26-3/h4-9,12H,10-11,13-14H2,1-3H3,(H,22,24). The molecule has 2 aromatic rings. The molecule has 0 aromatic heterocycles. The molecule has 0 radical (unpaired) electrons. The molecule has 2 rings (SSSR count). The van der Waals surface area contributed by atoms with Crippen molar-refractivity contribution >= 4 is 17.5 Å². The SMILES string of the molecule is COc1ccc(CNC(=O)CN(C)CCOc2ccc(Cl)cc2)cc1OC. The van der Waals surface area contributed by atoms with Crippen LogP contribution in [0.2, 0.25) is 5.02 Å². The Morgan fingerprint density at radius 2 is 1.78 bits per heavy atom. The normalized spacial score (nSPS) is 10.6. The van der Waals surface area contributed by atoms with Gasteiger partial charge in [-0.2, -0.15) is 0 Å². The van der Waals surface area contributed by atoms with Gasteiger partial charge in [0.05, 0.1) is 20.8 Å². The van der Waals surface area contributed by atoms with Crippen molar-refractivity contribution in [3.05, 3.63) is 53.1 Å². The summed E-state index contributed by atoms with van der Waals surface area (Å²) < 4.78 is 16.1. The molecule has 0 saturated carbocycles. The lowest BCUT2D eigenvalue weighted by Crippen LogP contribution is -2.36. The van der Waals surface area contributed by atoms with Gasteiger partial charge in [0.2, 0.25) is 5.91 Å². The molecule has 0 unspecified atom stereocenters. The maximum atomic E-state index is 12.1. The van der Waals surface area contributed by atoms with E-state index in [4.69, 9.17) is 25.8 Å². The number of methoxy groups -OCH3 is 2. The first-order chi connectivity index (χ1) is 13.0. The third-order valence-electron chi connectivity index (χ3n) is 3.91. The van der Waals surface area contributed by atoms with E-state index >= 15 is 0 Å². The minimum absolute atomic E-state index is 0.0567. The number of ether oxygens (including phenoxy) is 3. The van der Waals surface area contributed by atoms with Gasteiger partial charge in [0.15, 0.2) is 11.5 Å². The first kappa shape index (κ1) is 20.9. The fourth-order valence-corrected chi connectivity index (χ4v) is 2.55. The van der Waals surface area contributed by atoms with Crippen LogP contribution < -0.4 is 19.5 Å². The molecule has 2 aromatic carbocycles. The topological polar surface area (TPSA) is 60.0 Å².